The van der Waals surface area contributed by atoms with Gasteiger partial charge in [-0.2, -0.15) is 0 Å². The van der Waals surface area contributed by atoms with Crippen LogP contribution in [0.3, 0.4) is 0 Å². The standard InChI is InChI=1S/C10H11Cl3N2O2.ClH/c11-10(12,13)9(14)15-4-3-6-1-2-7(16)8(17)5-6;/h1-2,5,16-17H,3-4H2,(H2,14,15);1H. The summed E-state index contributed by atoms with van der Waals surface area (Å²) in [5.41, 5.74) is 6.23. The molecule has 0 aliphatic carbocycles. The Hall–Kier alpha value is -0.550. The third-order valence-corrected chi connectivity index (χ3v) is 2.59. The van der Waals surface area contributed by atoms with Crippen LogP contribution in [0.4, 0.5) is 0 Å². The third-order valence-electron chi connectivity index (χ3n) is 2.01. The highest BCUT2D eigenvalue weighted by molar-refractivity contribution is 6.76. The first-order valence-corrected chi connectivity index (χ1v) is 5.82. The summed E-state index contributed by atoms with van der Waals surface area (Å²) in [6, 6.07) is 4.50. The first-order valence-electron chi connectivity index (χ1n) is 4.68. The van der Waals surface area contributed by atoms with Gasteiger partial charge < -0.3 is 15.9 Å². The minimum Gasteiger partial charge on any atom is -0.504 e. The Morgan fingerprint density at radius 1 is 1.22 bits per heavy atom. The zero-order chi connectivity index (χ0) is 13.1. The lowest BCUT2D eigenvalue weighted by Gasteiger charge is -2.09. The predicted molar refractivity (Wildman–Crippen MR) is 77.5 cm³/mol. The third kappa shape index (κ3) is 5.40. The number of hydrogen-bond donors (Lipinski definition) is 3. The lowest BCUT2D eigenvalue weighted by atomic mass is 10.1. The summed E-state index contributed by atoms with van der Waals surface area (Å²) in [5, 5.41) is 18.4. The van der Waals surface area contributed by atoms with Gasteiger partial charge in [-0.05, 0) is 24.1 Å². The molecule has 0 aromatic heterocycles. The van der Waals surface area contributed by atoms with Crippen LogP contribution < -0.4 is 5.73 Å². The number of phenols is 2. The van der Waals surface area contributed by atoms with E-state index in [1.54, 1.807) is 6.07 Å². The first kappa shape index (κ1) is 17.4. The van der Waals surface area contributed by atoms with Crippen molar-refractivity contribution >= 4 is 53.0 Å². The molecule has 102 valence electrons. The fourth-order valence-corrected chi connectivity index (χ4v) is 1.30. The largest absolute Gasteiger partial charge is 0.504 e. The molecule has 0 heterocycles. The van der Waals surface area contributed by atoms with Crippen LogP contribution in [-0.2, 0) is 6.42 Å². The molecule has 1 aromatic rings. The number of phenolic OH excluding ortho intramolecular Hbond substituents is 2. The summed E-state index contributed by atoms with van der Waals surface area (Å²) in [4.78, 5) is 3.90. The zero-order valence-electron chi connectivity index (χ0n) is 9.11. The second-order valence-corrected chi connectivity index (χ2v) is 5.62. The number of benzene rings is 1. The van der Waals surface area contributed by atoms with Crippen molar-refractivity contribution in [3.05, 3.63) is 23.8 Å². The normalized spacial score (nSPS) is 12.1. The van der Waals surface area contributed by atoms with Gasteiger partial charge in [0.2, 0.25) is 3.79 Å². The van der Waals surface area contributed by atoms with Crippen LogP contribution in [0, 0.1) is 0 Å². The van der Waals surface area contributed by atoms with E-state index in [1.165, 1.54) is 12.1 Å². The molecular weight excluding hydrogens is 322 g/mol. The Balaban J connectivity index is 0.00000289. The summed E-state index contributed by atoms with van der Waals surface area (Å²) < 4.78 is -1.70. The minimum atomic E-state index is -1.70. The molecule has 0 unspecified atom stereocenters. The van der Waals surface area contributed by atoms with Crippen molar-refractivity contribution in [3.8, 4) is 11.5 Å². The number of aromatic hydroxyl groups is 2. The smallest absolute Gasteiger partial charge is 0.247 e. The highest BCUT2D eigenvalue weighted by Crippen LogP contribution is 2.26. The molecule has 18 heavy (non-hydrogen) atoms. The van der Waals surface area contributed by atoms with Gasteiger partial charge in [0, 0.05) is 6.54 Å². The van der Waals surface area contributed by atoms with Crippen molar-refractivity contribution in [2.75, 3.05) is 6.54 Å². The van der Waals surface area contributed by atoms with Crippen LogP contribution in [0.15, 0.2) is 23.2 Å². The lowest BCUT2D eigenvalue weighted by Crippen LogP contribution is -2.28. The molecule has 0 atom stereocenters. The van der Waals surface area contributed by atoms with Gasteiger partial charge in [0.25, 0.3) is 0 Å². The number of nitrogens with zero attached hydrogens (tertiary/aromatic N) is 1. The van der Waals surface area contributed by atoms with Crippen molar-refractivity contribution in [1.82, 2.24) is 0 Å². The number of alkyl halides is 3. The molecule has 1 rings (SSSR count). The quantitative estimate of drug-likeness (QED) is 0.344. The zero-order valence-corrected chi connectivity index (χ0v) is 12.2. The number of rotatable bonds is 3. The van der Waals surface area contributed by atoms with Gasteiger partial charge in [-0.25, -0.2) is 0 Å². The molecule has 8 heteroatoms. The molecule has 1 aromatic carbocycles. The lowest BCUT2D eigenvalue weighted by molar-refractivity contribution is 0.403. The highest BCUT2D eigenvalue weighted by atomic mass is 35.6. The van der Waals surface area contributed by atoms with Gasteiger partial charge in [0.1, 0.15) is 5.84 Å². The Morgan fingerprint density at radius 3 is 2.33 bits per heavy atom. The molecule has 0 spiro atoms. The molecule has 0 amide bonds. The first-order chi connectivity index (χ1) is 7.80. The van der Waals surface area contributed by atoms with Crippen LogP contribution in [0.1, 0.15) is 5.56 Å². The van der Waals surface area contributed by atoms with Gasteiger partial charge >= 0.3 is 0 Å². The van der Waals surface area contributed by atoms with Crippen molar-refractivity contribution < 1.29 is 10.2 Å². The van der Waals surface area contributed by atoms with Crippen molar-refractivity contribution in [2.24, 2.45) is 10.7 Å². The van der Waals surface area contributed by atoms with E-state index < -0.39 is 3.79 Å². The number of halogens is 4. The predicted octanol–water partition coefficient (Wildman–Crippen LogP) is 2.79. The molecule has 0 aliphatic heterocycles. The number of hydrogen-bond acceptors (Lipinski definition) is 3. The molecule has 0 saturated carbocycles. The van der Waals surface area contributed by atoms with Gasteiger partial charge in [-0.3, -0.25) is 4.99 Å². The minimum absolute atomic E-state index is 0. The second kappa shape index (κ2) is 7.14. The van der Waals surface area contributed by atoms with Crippen LogP contribution in [0.25, 0.3) is 0 Å². The van der Waals surface area contributed by atoms with E-state index >= 15 is 0 Å². The molecule has 4 nitrogen and oxygen atoms in total. The number of nitrogens with two attached hydrogens (primary N) is 1. The summed E-state index contributed by atoms with van der Waals surface area (Å²) in [6.07, 6.45) is 0.509. The van der Waals surface area contributed by atoms with Crippen molar-refractivity contribution in [2.45, 2.75) is 10.2 Å². The van der Waals surface area contributed by atoms with Crippen molar-refractivity contribution in [1.29, 1.82) is 0 Å². The van der Waals surface area contributed by atoms with Crippen LogP contribution in [0.2, 0.25) is 0 Å². The SMILES string of the molecule is Cl.NC(=NCCc1ccc(O)c(O)c1)C(Cl)(Cl)Cl. The van der Waals surface area contributed by atoms with E-state index in [1.807, 2.05) is 0 Å². The Morgan fingerprint density at radius 2 is 1.83 bits per heavy atom. The maximum atomic E-state index is 9.26. The van der Waals surface area contributed by atoms with E-state index in [0.29, 0.717) is 13.0 Å². The van der Waals surface area contributed by atoms with Gasteiger partial charge in [0.15, 0.2) is 11.5 Å². The molecule has 0 radical (unpaired) electrons. The van der Waals surface area contributed by atoms with E-state index in [0.717, 1.165) is 5.56 Å². The molecule has 0 bridgehead atoms. The van der Waals surface area contributed by atoms with Gasteiger partial charge in [0.05, 0.1) is 0 Å². The molecule has 0 aliphatic rings. The van der Waals surface area contributed by atoms with Gasteiger partial charge in [-0.15, -0.1) is 12.4 Å². The Kier molecular flexibility index (Phi) is 6.92. The number of aliphatic imine (C=N–C) groups is 1. The number of amidine groups is 1. The Labute approximate surface area is 126 Å². The molecule has 4 N–H and O–H groups in total. The van der Waals surface area contributed by atoms with Crippen LogP contribution in [0.5, 0.6) is 11.5 Å². The average molecular weight is 334 g/mol. The summed E-state index contributed by atoms with van der Waals surface area (Å²) in [5.74, 6) is -0.426. The van der Waals surface area contributed by atoms with Crippen LogP contribution >= 0.6 is 47.2 Å². The molecule has 0 saturated heterocycles. The fourth-order valence-electron chi connectivity index (χ4n) is 1.12. The monoisotopic (exact) mass is 332 g/mol. The summed E-state index contributed by atoms with van der Waals surface area (Å²) in [7, 11) is 0. The van der Waals surface area contributed by atoms with Crippen molar-refractivity contribution in [3.63, 3.8) is 0 Å². The van der Waals surface area contributed by atoms with E-state index in [2.05, 4.69) is 4.99 Å². The fraction of sp³-hybridized carbons (Fsp3) is 0.300. The van der Waals surface area contributed by atoms with Gasteiger partial charge in [-0.1, -0.05) is 40.9 Å². The molecular formula is C10H12Cl4N2O2. The van der Waals surface area contributed by atoms with E-state index in [-0.39, 0.29) is 29.7 Å². The second-order valence-electron chi connectivity index (χ2n) is 3.34. The topological polar surface area (TPSA) is 78.8 Å². The average Bonchev–Trinajstić information content (AvgIpc) is 2.22. The van der Waals surface area contributed by atoms with E-state index in [4.69, 9.17) is 45.6 Å². The van der Waals surface area contributed by atoms with E-state index in [9.17, 15) is 5.11 Å². The summed E-state index contributed by atoms with van der Waals surface area (Å²) in [6.45, 7) is 0.323. The maximum Gasteiger partial charge on any atom is 0.247 e. The Bertz CT molecular complexity index is 432. The molecule has 0 fully saturated rings. The maximum absolute atomic E-state index is 9.26. The highest BCUT2D eigenvalue weighted by Gasteiger charge is 2.24. The summed E-state index contributed by atoms with van der Waals surface area (Å²) >= 11 is 16.5. The van der Waals surface area contributed by atoms with Crippen LogP contribution in [-0.4, -0.2) is 26.4 Å².